The quantitative estimate of drug-likeness (QED) is 0.633. The summed E-state index contributed by atoms with van der Waals surface area (Å²) in [4.78, 5) is 0. The van der Waals surface area contributed by atoms with Crippen molar-refractivity contribution in [3.05, 3.63) is 69.5 Å². The van der Waals surface area contributed by atoms with E-state index in [-0.39, 0.29) is 18.3 Å². The first-order chi connectivity index (χ1) is 12.6. The molecule has 0 heterocycles. The molecule has 0 saturated heterocycles. The summed E-state index contributed by atoms with van der Waals surface area (Å²) in [6.07, 6.45) is 2.67. The zero-order valence-corrected chi connectivity index (χ0v) is 16.3. The van der Waals surface area contributed by atoms with E-state index in [4.69, 9.17) is 16.3 Å². The zero-order chi connectivity index (χ0) is 18.5. The topological polar surface area (TPSA) is 21.3 Å². The van der Waals surface area contributed by atoms with Crippen molar-refractivity contribution in [2.24, 2.45) is 5.92 Å². The van der Waals surface area contributed by atoms with Gasteiger partial charge in [0, 0.05) is 23.0 Å². The van der Waals surface area contributed by atoms with Crippen molar-refractivity contribution in [3.63, 3.8) is 0 Å². The first-order valence-corrected chi connectivity index (χ1v) is 9.71. The van der Waals surface area contributed by atoms with Gasteiger partial charge in [-0.15, -0.1) is 0 Å². The highest BCUT2D eigenvalue weighted by Gasteiger charge is 2.22. The first kappa shape index (κ1) is 19.3. The molecular weight excluding hydrogens is 349 g/mol. The lowest BCUT2D eigenvalue weighted by Crippen LogP contribution is -2.27. The second kappa shape index (κ2) is 8.98. The molecule has 140 valence electrons. The van der Waals surface area contributed by atoms with Crippen LogP contribution in [0.15, 0.2) is 36.4 Å². The van der Waals surface area contributed by atoms with Gasteiger partial charge in [0.15, 0.2) is 0 Å². The van der Waals surface area contributed by atoms with Gasteiger partial charge >= 0.3 is 0 Å². The van der Waals surface area contributed by atoms with E-state index < -0.39 is 0 Å². The van der Waals surface area contributed by atoms with Crippen LogP contribution in [-0.2, 0) is 11.3 Å². The summed E-state index contributed by atoms with van der Waals surface area (Å²) >= 11 is 6.11. The van der Waals surface area contributed by atoms with Crippen molar-refractivity contribution in [1.82, 2.24) is 5.32 Å². The van der Waals surface area contributed by atoms with Crippen LogP contribution in [0.4, 0.5) is 4.39 Å². The van der Waals surface area contributed by atoms with E-state index in [1.165, 1.54) is 35.6 Å². The molecular formula is C22H27ClFNO. The van der Waals surface area contributed by atoms with Crippen LogP contribution < -0.4 is 5.32 Å². The van der Waals surface area contributed by atoms with Crippen molar-refractivity contribution >= 4 is 11.6 Å². The summed E-state index contributed by atoms with van der Waals surface area (Å²) in [5, 5.41) is 4.01. The highest BCUT2D eigenvalue weighted by molar-refractivity contribution is 6.31. The Labute approximate surface area is 160 Å². The minimum absolute atomic E-state index is 0.190. The van der Waals surface area contributed by atoms with Crippen LogP contribution >= 0.6 is 11.6 Å². The molecule has 0 aliphatic heterocycles. The third-order valence-electron chi connectivity index (χ3n) is 5.10. The van der Waals surface area contributed by atoms with Gasteiger partial charge in [0.05, 0.1) is 13.2 Å². The molecule has 2 nitrogen and oxygen atoms in total. The van der Waals surface area contributed by atoms with Gasteiger partial charge < -0.3 is 10.1 Å². The number of aryl methyl sites for hydroxylation is 2. The number of benzene rings is 2. The molecule has 26 heavy (non-hydrogen) atoms. The minimum atomic E-state index is -0.312. The normalized spacial score (nSPS) is 15.2. The third kappa shape index (κ3) is 5.06. The van der Waals surface area contributed by atoms with E-state index in [0.717, 1.165) is 19.0 Å². The fraction of sp³-hybridized carbons (Fsp3) is 0.455. The number of hydrogen-bond acceptors (Lipinski definition) is 2. The predicted octanol–water partition coefficient (Wildman–Crippen LogP) is 5.40. The highest BCUT2D eigenvalue weighted by Crippen LogP contribution is 2.29. The lowest BCUT2D eigenvalue weighted by molar-refractivity contribution is 0.104. The fourth-order valence-corrected chi connectivity index (χ4v) is 3.69. The van der Waals surface area contributed by atoms with Crippen molar-refractivity contribution < 1.29 is 9.13 Å². The Hall–Kier alpha value is -1.42. The van der Waals surface area contributed by atoms with Gasteiger partial charge in [0.25, 0.3) is 0 Å². The molecule has 4 heteroatoms. The SMILES string of the molecule is Cc1cccc(C)c1C(CNCC1CC1)COCc1c(F)cccc1Cl. The van der Waals surface area contributed by atoms with Crippen LogP contribution in [-0.4, -0.2) is 19.7 Å². The van der Waals surface area contributed by atoms with E-state index in [0.29, 0.717) is 17.2 Å². The molecule has 1 aliphatic rings. The Morgan fingerprint density at radius 2 is 1.85 bits per heavy atom. The average Bonchev–Trinajstić information content (AvgIpc) is 3.41. The maximum atomic E-state index is 13.9. The molecule has 0 bridgehead atoms. The van der Waals surface area contributed by atoms with Crippen LogP contribution in [0.1, 0.15) is 41.0 Å². The van der Waals surface area contributed by atoms with Gasteiger partial charge in [-0.3, -0.25) is 0 Å². The average molecular weight is 376 g/mol. The van der Waals surface area contributed by atoms with Crippen LogP contribution in [0.3, 0.4) is 0 Å². The largest absolute Gasteiger partial charge is 0.376 e. The Kier molecular flexibility index (Phi) is 6.68. The van der Waals surface area contributed by atoms with Gasteiger partial charge in [0.2, 0.25) is 0 Å². The Morgan fingerprint density at radius 1 is 1.15 bits per heavy atom. The molecule has 1 unspecified atom stereocenters. The maximum Gasteiger partial charge on any atom is 0.130 e. The maximum absolute atomic E-state index is 13.9. The lowest BCUT2D eigenvalue weighted by Gasteiger charge is -2.22. The van der Waals surface area contributed by atoms with Gasteiger partial charge in [-0.2, -0.15) is 0 Å². The second-order valence-corrected chi connectivity index (χ2v) is 7.73. The van der Waals surface area contributed by atoms with Crippen LogP contribution in [0.5, 0.6) is 0 Å². The summed E-state index contributed by atoms with van der Waals surface area (Å²) in [7, 11) is 0. The van der Waals surface area contributed by atoms with Crippen molar-refractivity contribution in [2.75, 3.05) is 19.7 Å². The molecule has 0 radical (unpaired) electrons. The van der Waals surface area contributed by atoms with Gasteiger partial charge in [0.1, 0.15) is 5.82 Å². The summed E-state index contributed by atoms with van der Waals surface area (Å²) < 4.78 is 19.9. The number of halogens is 2. The molecule has 2 aromatic carbocycles. The summed E-state index contributed by atoms with van der Waals surface area (Å²) in [5.41, 5.74) is 4.31. The molecule has 1 saturated carbocycles. The molecule has 2 aromatic rings. The van der Waals surface area contributed by atoms with Crippen molar-refractivity contribution in [2.45, 2.75) is 39.2 Å². The highest BCUT2D eigenvalue weighted by atomic mass is 35.5. The van der Waals surface area contributed by atoms with E-state index >= 15 is 0 Å². The molecule has 1 aliphatic carbocycles. The summed E-state index contributed by atoms with van der Waals surface area (Å²) in [6.45, 7) is 6.95. The fourth-order valence-electron chi connectivity index (χ4n) is 3.47. The smallest absolute Gasteiger partial charge is 0.130 e. The lowest BCUT2D eigenvalue weighted by atomic mass is 9.91. The number of rotatable bonds is 9. The first-order valence-electron chi connectivity index (χ1n) is 9.33. The monoisotopic (exact) mass is 375 g/mol. The van der Waals surface area contributed by atoms with E-state index in [9.17, 15) is 4.39 Å². The standard InChI is InChI=1S/C22H27ClFNO/c1-15-5-3-6-16(2)22(15)18(12-25-11-17-9-10-17)13-26-14-19-20(23)7-4-8-21(19)24/h3-8,17-18,25H,9-14H2,1-2H3. The van der Waals surface area contributed by atoms with E-state index in [2.05, 4.69) is 37.4 Å². The van der Waals surface area contributed by atoms with Crippen molar-refractivity contribution in [3.8, 4) is 0 Å². The molecule has 0 spiro atoms. The van der Waals surface area contributed by atoms with E-state index in [1.807, 2.05) is 0 Å². The number of ether oxygens (including phenoxy) is 1. The summed E-state index contributed by atoms with van der Waals surface area (Å²) in [6, 6.07) is 11.1. The molecule has 0 amide bonds. The van der Waals surface area contributed by atoms with Crippen LogP contribution in [0.25, 0.3) is 0 Å². The number of hydrogen-bond donors (Lipinski definition) is 1. The van der Waals surface area contributed by atoms with E-state index in [1.54, 1.807) is 12.1 Å². The minimum Gasteiger partial charge on any atom is -0.376 e. The second-order valence-electron chi connectivity index (χ2n) is 7.32. The molecule has 1 fully saturated rings. The van der Waals surface area contributed by atoms with Crippen LogP contribution in [0, 0.1) is 25.6 Å². The summed E-state index contributed by atoms with van der Waals surface area (Å²) in [5.74, 6) is 0.764. The van der Waals surface area contributed by atoms with Crippen LogP contribution in [0.2, 0.25) is 5.02 Å². The van der Waals surface area contributed by atoms with Gasteiger partial charge in [-0.25, -0.2) is 4.39 Å². The predicted molar refractivity (Wildman–Crippen MR) is 105 cm³/mol. The van der Waals surface area contributed by atoms with Gasteiger partial charge in [-0.1, -0.05) is 35.9 Å². The van der Waals surface area contributed by atoms with Crippen molar-refractivity contribution in [1.29, 1.82) is 0 Å². The third-order valence-corrected chi connectivity index (χ3v) is 5.45. The Balaban J connectivity index is 1.66. The molecule has 3 rings (SSSR count). The molecule has 0 aromatic heterocycles. The number of nitrogens with one attached hydrogen (secondary N) is 1. The molecule has 1 N–H and O–H groups in total. The van der Waals surface area contributed by atoms with Gasteiger partial charge in [-0.05, 0) is 68.0 Å². The molecule has 1 atom stereocenters. The zero-order valence-electron chi connectivity index (χ0n) is 15.5. The Morgan fingerprint density at radius 3 is 2.50 bits per heavy atom. The Bertz CT molecular complexity index is 704.